The SMILES string of the molecule is COc1ccc(C(C2CCC2)N2CCNCC2)cc1F. The van der Waals surface area contributed by atoms with E-state index in [0.717, 1.165) is 31.7 Å². The Hall–Kier alpha value is -1.13. The maximum atomic E-state index is 14.0. The lowest BCUT2D eigenvalue weighted by Crippen LogP contribution is -2.47. The van der Waals surface area contributed by atoms with Crippen molar-refractivity contribution in [2.24, 2.45) is 5.92 Å². The zero-order valence-electron chi connectivity index (χ0n) is 12.1. The Kier molecular flexibility index (Phi) is 4.22. The molecule has 2 aliphatic rings. The summed E-state index contributed by atoms with van der Waals surface area (Å²) in [6.45, 7) is 4.16. The third kappa shape index (κ3) is 2.67. The molecule has 3 rings (SSSR count). The number of ether oxygens (including phenoxy) is 1. The van der Waals surface area contributed by atoms with E-state index in [4.69, 9.17) is 4.74 Å². The highest BCUT2D eigenvalue weighted by Crippen LogP contribution is 2.42. The summed E-state index contributed by atoms with van der Waals surface area (Å²) in [5.41, 5.74) is 1.11. The molecule has 1 saturated carbocycles. The zero-order valence-corrected chi connectivity index (χ0v) is 12.1. The van der Waals surface area contributed by atoms with Crippen LogP contribution in [0.25, 0.3) is 0 Å². The minimum Gasteiger partial charge on any atom is -0.494 e. The zero-order chi connectivity index (χ0) is 13.9. The molecule has 1 saturated heterocycles. The number of hydrogen-bond donors (Lipinski definition) is 1. The van der Waals surface area contributed by atoms with Crippen LogP contribution in [-0.4, -0.2) is 38.2 Å². The number of rotatable bonds is 4. The van der Waals surface area contributed by atoms with E-state index < -0.39 is 0 Å². The Morgan fingerprint density at radius 3 is 2.60 bits per heavy atom. The lowest BCUT2D eigenvalue weighted by molar-refractivity contribution is 0.0834. The van der Waals surface area contributed by atoms with Crippen LogP contribution in [0.5, 0.6) is 5.75 Å². The Bertz CT molecular complexity index is 456. The molecule has 110 valence electrons. The van der Waals surface area contributed by atoms with Crippen molar-refractivity contribution in [3.05, 3.63) is 29.6 Å². The van der Waals surface area contributed by atoms with Gasteiger partial charge in [-0.1, -0.05) is 12.5 Å². The summed E-state index contributed by atoms with van der Waals surface area (Å²) in [7, 11) is 1.51. The van der Waals surface area contributed by atoms with E-state index in [2.05, 4.69) is 10.2 Å². The van der Waals surface area contributed by atoms with Crippen LogP contribution in [0.1, 0.15) is 30.9 Å². The smallest absolute Gasteiger partial charge is 0.165 e. The summed E-state index contributed by atoms with van der Waals surface area (Å²) < 4.78 is 19.0. The average molecular weight is 278 g/mol. The number of halogens is 1. The van der Waals surface area contributed by atoms with E-state index in [9.17, 15) is 4.39 Å². The van der Waals surface area contributed by atoms with E-state index in [-0.39, 0.29) is 5.82 Å². The first-order valence-corrected chi connectivity index (χ1v) is 7.58. The normalized spacial score (nSPS) is 22.3. The number of nitrogens with zero attached hydrogens (tertiary/aromatic N) is 1. The molecule has 20 heavy (non-hydrogen) atoms. The van der Waals surface area contributed by atoms with Gasteiger partial charge < -0.3 is 10.1 Å². The predicted octanol–water partition coefficient (Wildman–Crippen LogP) is 2.58. The fourth-order valence-electron chi connectivity index (χ4n) is 3.36. The third-order valence-electron chi connectivity index (χ3n) is 4.66. The first kappa shape index (κ1) is 13.8. The molecule has 0 amide bonds. The number of benzene rings is 1. The summed E-state index contributed by atoms with van der Waals surface area (Å²) in [5.74, 6) is 0.770. The summed E-state index contributed by atoms with van der Waals surface area (Å²) >= 11 is 0. The molecule has 1 heterocycles. The van der Waals surface area contributed by atoms with E-state index >= 15 is 0 Å². The van der Waals surface area contributed by atoms with Gasteiger partial charge in [-0.05, 0) is 36.5 Å². The quantitative estimate of drug-likeness (QED) is 0.916. The number of piperazine rings is 1. The summed E-state index contributed by atoms with van der Waals surface area (Å²) in [5, 5.41) is 3.39. The van der Waals surface area contributed by atoms with Crippen molar-refractivity contribution in [1.29, 1.82) is 0 Å². The molecule has 0 bridgehead atoms. The van der Waals surface area contributed by atoms with Crippen LogP contribution in [0.15, 0.2) is 18.2 Å². The van der Waals surface area contributed by atoms with Gasteiger partial charge in [-0.3, -0.25) is 4.90 Å². The molecule has 0 radical (unpaired) electrons. The molecule has 4 heteroatoms. The highest BCUT2D eigenvalue weighted by Gasteiger charge is 2.33. The van der Waals surface area contributed by atoms with Gasteiger partial charge in [0.2, 0.25) is 0 Å². The Balaban J connectivity index is 1.85. The fourth-order valence-corrected chi connectivity index (χ4v) is 3.36. The van der Waals surface area contributed by atoms with Crippen molar-refractivity contribution in [3.63, 3.8) is 0 Å². The standard InChI is InChI=1S/C16H23FN2O/c1-20-15-6-5-13(11-14(15)17)16(12-3-2-4-12)19-9-7-18-8-10-19/h5-6,11-12,16,18H,2-4,7-10H2,1H3. The van der Waals surface area contributed by atoms with Crippen LogP contribution in [-0.2, 0) is 0 Å². The molecule has 3 nitrogen and oxygen atoms in total. The van der Waals surface area contributed by atoms with Gasteiger partial charge in [0.15, 0.2) is 11.6 Å². The average Bonchev–Trinajstić information content (AvgIpc) is 2.43. The van der Waals surface area contributed by atoms with Crippen molar-refractivity contribution in [2.45, 2.75) is 25.3 Å². The second kappa shape index (κ2) is 6.10. The number of methoxy groups -OCH3 is 1. The fraction of sp³-hybridized carbons (Fsp3) is 0.625. The van der Waals surface area contributed by atoms with Crippen molar-refractivity contribution >= 4 is 0 Å². The molecule has 1 aliphatic heterocycles. The molecule has 1 atom stereocenters. The minimum atomic E-state index is -0.246. The lowest BCUT2D eigenvalue weighted by Gasteiger charge is -2.43. The van der Waals surface area contributed by atoms with Gasteiger partial charge in [-0.25, -0.2) is 4.39 Å². The summed E-state index contributed by atoms with van der Waals surface area (Å²) in [6.07, 6.45) is 3.84. The first-order valence-electron chi connectivity index (χ1n) is 7.58. The van der Waals surface area contributed by atoms with Crippen molar-refractivity contribution < 1.29 is 9.13 Å². The molecule has 1 aromatic carbocycles. The van der Waals surface area contributed by atoms with Gasteiger partial charge in [0.05, 0.1) is 7.11 Å². The molecule has 0 spiro atoms. The maximum Gasteiger partial charge on any atom is 0.165 e. The maximum absolute atomic E-state index is 14.0. The Morgan fingerprint density at radius 2 is 2.05 bits per heavy atom. The van der Waals surface area contributed by atoms with Gasteiger partial charge in [0.25, 0.3) is 0 Å². The largest absolute Gasteiger partial charge is 0.494 e. The second-order valence-electron chi connectivity index (χ2n) is 5.82. The van der Waals surface area contributed by atoms with Crippen LogP contribution in [0.2, 0.25) is 0 Å². The molecule has 1 aliphatic carbocycles. The molecular weight excluding hydrogens is 255 g/mol. The Morgan fingerprint density at radius 1 is 1.30 bits per heavy atom. The van der Waals surface area contributed by atoms with Crippen molar-refractivity contribution in [2.75, 3.05) is 33.3 Å². The van der Waals surface area contributed by atoms with Gasteiger partial charge in [0.1, 0.15) is 0 Å². The van der Waals surface area contributed by atoms with Crippen LogP contribution < -0.4 is 10.1 Å². The Labute approximate surface area is 120 Å². The molecular formula is C16H23FN2O. The third-order valence-corrected chi connectivity index (χ3v) is 4.66. The van der Waals surface area contributed by atoms with Gasteiger partial charge in [0, 0.05) is 32.2 Å². The summed E-state index contributed by atoms with van der Waals surface area (Å²) in [6, 6.07) is 5.83. The topological polar surface area (TPSA) is 24.5 Å². The van der Waals surface area contributed by atoms with E-state index in [1.165, 1.54) is 26.4 Å². The van der Waals surface area contributed by atoms with Gasteiger partial charge in [-0.15, -0.1) is 0 Å². The van der Waals surface area contributed by atoms with Crippen LogP contribution in [0.4, 0.5) is 4.39 Å². The molecule has 0 aromatic heterocycles. The van der Waals surface area contributed by atoms with Crippen LogP contribution in [0, 0.1) is 11.7 Å². The van der Waals surface area contributed by atoms with Crippen molar-refractivity contribution in [1.82, 2.24) is 10.2 Å². The van der Waals surface area contributed by atoms with Gasteiger partial charge >= 0.3 is 0 Å². The second-order valence-corrected chi connectivity index (χ2v) is 5.82. The minimum absolute atomic E-state index is 0.246. The number of hydrogen-bond acceptors (Lipinski definition) is 3. The first-order chi connectivity index (χ1) is 9.79. The highest BCUT2D eigenvalue weighted by atomic mass is 19.1. The van der Waals surface area contributed by atoms with Crippen LogP contribution >= 0.6 is 0 Å². The van der Waals surface area contributed by atoms with E-state index in [1.807, 2.05) is 6.07 Å². The monoisotopic (exact) mass is 278 g/mol. The highest BCUT2D eigenvalue weighted by molar-refractivity contribution is 5.31. The predicted molar refractivity (Wildman–Crippen MR) is 77.5 cm³/mol. The van der Waals surface area contributed by atoms with Gasteiger partial charge in [-0.2, -0.15) is 0 Å². The molecule has 2 fully saturated rings. The van der Waals surface area contributed by atoms with Crippen molar-refractivity contribution in [3.8, 4) is 5.75 Å². The molecule has 1 unspecified atom stereocenters. The van der Waals surface area contributed by atoms with E-state index in [1.54, 1.807) is 12.1 Å². The lowest BCUT2D eigenvalue weighted by atomic mass is 9.76. The van der Waals surface area contributed by atoms with E-state index in [0.29, 0.717) is 17.7 Å². The van der Waals surface area contributed by atoms with Crippen LogP contribution in [0.3, 0.4) is 0 Å². The molecule has 1 N–H and O–H groups in total. The molecule has 1 aromatic rings. The summed E-state index contributed by atoms with van der Waals surface area (Å²) in [4.78, 5) is 2.52. The number of nitrogens with one attached hydrogen (secondary N) is 1.